The third-order valence-corrected chi connectivity index (χ3v) is 3.24. The lowest BCUT2D eigenvalue weighted by atomic mass is 9.81. The van der Waals surface area contributed by atoms with Crippen molar-refractivity contribution in [3.8, 4) is 5.75 Å². The van der Waals surface area contributed by atoms with Gasteiger partial charge in [-0.15, -0.1) is 0 Å². The molecular formula is C18H27F2NO2. The molecule has 23 heavy (non-hydrogen) atoms. The smallest absolute Gasteiger partial charge is 0.387 e. The molecule has 1 aromatic rings. The zero-order chi connectivity index (χ0) is 17.7. The second-order valence-electron chi connectivity index (χ2n) is 7.69. The summed E-state index contributed by atoms with van der Waals surface area (Å²) < 4.78 is 28.4. The lowest BCUT2D eigenvalue weighted by molar-refractivity contribution is -0.122. The van der Waals surface area contributed by atoms with E-state index in [4.69, 9.17) is 0 Å². The molecule has 0 radical (unpaired) electrons. The number of amides is 1. The van der Waals surface area contributed by atoms with Crippen LogP contribution in [-0.2, 0) is 11.2 Å². The van der Waals surface area contributed by atoms with Gasteiger partial charge in [0.2, 0.25) is 5.91 Å². The number of carbonyl (C=O) groups excluding carboxylic acids is 1. The molecule has 5 heteroatoms. The van der Waals surface area contributed by atoms with Crippen LogP contribution >= 0.6 is 0 Å². The summed E-state index contributed by atoms with van der Waals surface area (Å²) in [5.41, 5.74) is 0.789. The first-order valence-electron chi connectivity index (χ1n) is 7.82. The fourth-order valence-corrected chi connectivity index (χ4v) is 2.91. The molecule has 130 valence electrons. The summed E-state index contributed by atoms with van der Waals surface area (Å²) in [5, 5.41) is 3.06. The van der Waals surface area contributed by atoms with Crippen LogP contribution in [0.1, 0.15) is 53.0 Å². The van der Waals surface area contributed by atoms with Crippen LogP contribution in [0.3, 0.4) is 0 Å². The number of carbonyl (C=O) groups is 1. The van der Waals surface area contributed by atoms with Gasteiger partial charge in [-0.3, -0.25) is 4.79 Å². The third-order valence-electron chi connectivity index (χ3n) is 3.24. The topological polar surface area (TPSA) is 38.3 Å². The van der Waals surface area contributed by atoms with E-state index in [9.17, 15) is 13.6 Å². The predicted molar refractivity (Wildman–Crippen MR) is 87.7 cm³/mol. The van der Waals surface area contributed by atoms with Crippen molar-refractivity contribution in [1.29, 1.82) is 0 Å². The van der Waals surface area contributed by atoms with Crippen molar-refractivity contribution in [2.24, 2.45) is 5.41 Å². The number of hydrogen-bond acceptors (Lipinski definition) is 2. The fraction of sp³-hybridized carbons (Fsp3) is 0.611. The van der Waals surface area contributed by atoms with Crippen molar-refractivity contribution in [1.82, 2.24) is 5.32 Å². The minimum absolute atomic E-state index is 0.00726. The minimum atomic E-state index is -2.82. The van der Waals surface area contributed by atoms with Crippen LogP contribution in [-0.4, -0.2) is 18.1 Å². The molecule has 1 amide bonds. The van der Waals surface area contributed by atoms with Crippen LogP contribution in [0.2, 0.25) is 0 Å². The van der Waals surface area contributed by atoms with E-state index in [0.717, 1.165) is 12.0 Å². The van der Waals surface area contributed by atoms with Crippen LogP contribution < -0.4 is 10.1 Å². The summed E-state index contributed by atoms with van der Waals surface area (Å²) in [5.74, 6) is 0.117. The zero-order valence-electron chi connectivity index (χ0n) is 14.6. The van der Waals surface area contributed by atoms with Crippen LogP contribution in [0.5, 0.6) is 5.75 Å². The van der Waals surface area contributed by atoms with Crippen LogP contribution in [0.25, 0.3) is 0 Å². The van der Waals surface area contributed by atoms with Crippen molar-refractivity contribution in [3.63, 3.8) is 0 Å². The van der Waals surface area contributed by atoms with Crippen LogP contribution in [0.15, 0.2) is 24.3 Å². The SMILES string of the molecule is CC(C)(C)CC(C)(C)NC(=O)CCc1ccc(OC(F)F)cc1. The van der Waals surface area contributed by atoms with Gasteiger partial charge in [0.15, 0.2) is 0 Å². The fourth-order valence-electron chi connectivity index (χ4n) is 2.91. The maximum Gasteiger partial charge on any atom is 0.387 e. The Balaban J connectivity index is 2.47. The molecule has 0 aromatic heterocycles. The second-order valence-corrected chi connectivity index (χ2v) is 7.69. The molecule has 0 fully saturated rings. The van der Waals surface area contributed by atoms with Crippen molar-refractivity contribution >= 4 is 5.91 Å². The Morgan fingerprint density at radius 1 is 1.13 bits per heavy atom. The minimum Gasteiger partial charge on any atom is -0.435 e. The highest BCUT2D eigenvalue weighted by atomic mass is 19.3. The number of aryl methyl sites for hydroxylation is 1. The molecule has 3 nitrogen and oxygen atoms in total. The molecule has 0 saturated carbocycles. The third kappa shape index (κ3) is 8.53. The second kappa shape index (κ2) is 7.75. The number of alkyl halides is 2. The molecule has 1 aromatic carbocycles. The molecule has 1 N–H and O–H groups in total. The molecule has 0 saturated heterocycles. The van der Waals surface area contributed by atoms with Gasteiger partial charge in [0.1, 0.15) is 5.75 Å². The van der Waals surface area contributed by atoms with E-state index in [0.29, 0.717) is 12.8 Å². The first-order chi connectivity index (χ1) is 10.5. The summed E-state index contributed by atoms with van der Waals surface area (Å²) in [6.07, 6.45) is 1.81. The molecule has 0 spiro atoms. The van der Waals surface area contributed by atoms with Crippen molar-refractivity contribution < 1.29 is 18.3 Å². The van der Waals surface area contributed by atoms with Crippen molar-refractivity contribution in [2.45, 2.75) is 66.0 Å². The van der Waals surface area contributed by atoms with Crippen LogP contribution in [0.4, 0.5) is 8.78 Å². The summed E-state index contributed by atoms with van der Waals surface area (Å²) in [7, 11) is 0. The Hall–Kier alpha value is -1.65. The maximum atomic E-state index is 12.1. The van der Waals surface area contributed by atoms with Gasteiger partial charge in [-0.1, -0.05) is 32.9 Å². The Bertz CT molecular complexity index is 505. The average Bonchev–Trinajstić information content (AvgIpc) is 2.33. The van der Waals surface area contributed by atoms with Crippen LogP contribution in [0, 0.1) is 5.41 Å². The van der Waals surface area contributed by atoms with Gasteiger partial charge in [0, 0.05) is 12.0 Å². The summed E-state index contributed by atoms with van der Waals surface area (Å²) in [6, 6.07) is 6.38. The first kappa shape index (κ1) is 19.4. The van der Waals surface area contributed by atoms with Gasteiger partial charge < -0.3 is 10.1 Å². The van der Waals surface area contributed by atoms with Crippen molar-refractivity contribution in [3.05, 3.63) is 29.8 Å². The number of ether oxygens (including phenoxy) is 1. The summed E-state index contributed by atoms with van der Waals surface area (Å²) in [6.45, 7) is 7.65. The van der Waals surface area contributed by atoms with E-state index in [2.05, 4.69) is 30.8 Å². The van der Waals surface area contributed by atoms with E-state index in [1.807, 2.05) is 13.8 Å². The van der Waals surface area contributed by atoms with E-state index in [-0.39, 0.29) is 22.6 Å². The average molecular weight is 327 g/mol. The summed E-state index contributed by atoms with van der Waals surface area (Å²) >= 11 is 0. The highest BCUT2D eigenvalue weighted by molar-refractivity contribution is 5.77. The molecule has 0 heterocycles. The number of halogens is 2. The van der Waals surface area contributed by atoms with Gasteiger partial charge in [0.05, 0.1) is 0 Å². The molecular weight excluding hydrogens is 300 g/mol. The largest absolute Gasteiger partial charge is 0.435 e. The number of benzene rings is 1. The lowest BCUT2D eigenvalue weighted by Crippen LogP contribution is -2.45. The predicted octanol–water partition coefficient (Wildman–Crippen LogP) is 4.55. The van der Waals surface area contributed by atoms with Gasteiger partial charge >= 0.3 is 6.61 Å². The molecule has 0 atom stereocenters. The Morgan fingerprint density at radius 2 is 1.70 bits per heavy atom. The van der Waals surface area contributed by atoms with Gasteiger partial charge in [-0.2, -0.15) is 8.78 Å². The molecule has 0 aliphatic heterocycles. The quantitative estimate of drug-likeness (QED) is 0.798. The highest BCUT2D eigenvalue weighted by Crippen LogP contribution is 2.26. The normalized spacial score (nSPS) is 12.3. The highest BCUT2D eigenvalue weighted by Gasteiger charge is 2.26. The van der Waals surface area contributed by atoms with Gasteiger partial charge in [0.25, 0.3) is 0 Å². The monoisotopic (exact) mass is 327 g/mol. The number of nitrogens with one attached hydrogen (secondary N) is 1. The zero-order valence-corrected chi connectivity index (χ0v) is 14.6. The van der Waals surface area contributed by atoms with E-state index < -0.39 is 6.61 Å². The molecule has 0 aliphatic rings. The molecule has 0 unspecified atom stereocenters. The number of hydrogen-bond donors (Lipinski definition) is 1. The lowest BCUT2D eigenvalue weighted by Gasteiger charge is -2.33. The summed E-state index contributed by atoms with van der Waals surface area (Å²) in [4.78, 5) is 12.1. The van der Waals surface area contributed by atoms with E-state index in [1.165, 1.54) is 12.1 Å². The van der Waals surface area contributed by atoms with Gasteiger partial charge in [-0.05, 0) is 49.8 Å². The Kier molecular flexibility index (Phi) is 6.54. The molecule has 0 bridgehead atoms. The number of rotatable bonds is 7. The maximum absolute atomic E-state index is 12.1. The van der Waals surface area contributed by atoms with E-state index >= 15 is 0 Å². The van der Waals surface area contributed by atoms with Crippen molar-refractivity contribution in [2.75, 3.05) is 0 Å². The molecule has 1 rings (SSSR count). The standard InChI is InChI=1S/C18H27F2NO2/c1-17(2,3)12-18(4,5)21-15(22)11-8-13-6-9-14(10-7-13)23-16(19)20/h6-7,9-10,16H,8,11-12H2,1-5H3,(H,21,22). The van der Waals surface area contributed by atoms with E-state index in [1.54, 1.807) is 12.1 Å². The molecule has 0 aliphatic carbocycles. The Morgan fingerprint density at radius 3 is 2.17 bits per heavy atom. The Labute approximate surface area is 137 Å². The first-order valence-corrected chi connectivity index (χ1v) is 7.82. The van der Waals surface area contributed by atoms with Gasteiger partial charge in [-0.25, -0.2) is 0 Å².